The minimum absolute atomic E-state index is 0.149. The Morgan fingerprint density at radius 3 is 2.65 bits per heavy atom. The van der Waals surface area contributed by atoms with Gasteiger partial charge in [0, 0.05) is 11.6 Å². The lowest BCUT2D eigenvalue weighted by atomic mass is 9.81. The molecule has 0 aromatic heterocycles. The number of amides is 1. The molecule has 122 valence electrons. The number of hydrogen-bond donors (Lipinski definition) is 0. The number of esters is 1. The van der Waals surface area contributed by atoms with Crippen molar-refractivity contribution in [2.24, 2.45) is 5.41 Å². The third-order valence-electron chi connectivity index (χ3n) is 3.94. The van der Waals surface area contributed by atoms with E-state index in [4.69, 9.17) is 9.47 Å². The molecule has 23 heavy (non-hydrogen) atoms. The second kappa shape index (κ2) is 7.13. The molecule has 0 aliphatic carbocycles. The highest BCUT2D eigenvalue weighted by Gasteiger charge is 2.47. The molecule has 1 aromatic carbocycles. The zero-order valence-electron chi connectivity index (χ0n) is 13.4. The summed E-state index contributed by atoms with van der Waals surface area (Å²) in [6, 6.07) is 8.62. The highest BCUT2D eigenvalue weighted by atomic mass is 16.6. The van der Waals surface area contributed by atoms with E-state index in [-0.39, 0.29) is 6.61 Å². The molecule has 0 radical (unpaired) electrons. The van der Waals surface area contributed by atoms with E-state index >= 15 is 0 Å². The van der Waals surface area contributed by atoms with Crippen molar-refractivity contribution in [1.29, 1.82) is 0 Å². The first-order chi connectivity index (χ1) is 11.0. The summed E-state index contributed by atoms with van der Waals surface area (Å²) in [6.07, 6.45) is 5.09. The molecule has 5 heteroatoms. The van der Waals surface area contributed by atoms with Crippen LogP contribution in [0.2, 0.25) is 0 Å². The summed E-state index contributed by atoms with van der Waals surface area (Å²) in [5.41, 5.74) is 0.327. The van der Waals surface area contributed by atoms with Crippen LogP contribution in [0.15, 0.2) is 55.3 Å². The van der Waals surface area contributed by atoms with Crippen molar-refractivity contribution < 1.29 is 19.1 Å². The third-order valence-corrected chi connectivity index (χ3v) is 3.94. The molecule has 2 rings (SSSR count). The number of nitrogens with zero attached hydrogens (tertiary/aromatic N) is 1. The van der Waals surface area contributed by atoms with E-state index < -0.39 is 23.5 Å². The van der Waals surface area contributed by atoms with Crippen LogP contribution in [0.4, 0.5) is 4.79 Å². The SMILES string of the molecule is C=CC[C@]1(C)C=CN(C(=O)OCc2ccccc2)[C@@H]1C(=O)OC. The van der Waals surface area contributed by atoms with E-state index in [1.54, 1.807) is 12.3 Å². The maximum Gasteiger partial charge on any atom is 0.414 e. The summed E-state index contributed by atoms with van der Waals surface area (Å²) >= 11 is 0. The Hall–Kier alpha value is -2.56. The van der Waals surface area contributed by atoms with E-state index in [9.17, 15) is 9.59 Å². The third kappa shape index (κ3) is 3.62. The van der Waals surface area contributed by atoms with Gasteiger partial charge in [-0.1, -0.05) is 49.4 Å². The van der Waals surface area contributed by atoms with Crippen molar-refractivity contribution in [3.63, 3.8) is 0 Å². The van der Waals surface area contributed by atoms with Gasteiger partial charge >= 0.3 is 12.1 Å². The average Bonchev–Trinajstić information content (AvgIpc) is 2.90. The van der Waals surface area contributed by atoms with Gasteiger partial charge < -0.3 is 9.47 Å². The number of carbonyl (C=O) groups is 2. The van der Waals surface area contributed by atoms with E-state index in [0.29, 0.717) is 6.42 Å². The number of ether oxygens (including phenoxy) is 2. The number of benzene rings is 1. The molecule has 0 spiro atoms. The number of methoxy groups -OCH3 is 1. The molecule has 1 aliphatic rings. The van der Waals surface area contributed by atoms with Crippen LogP contribution < -0.4 is 0 Å². The van der Waals surface area contributed by atoms with Crippen molar-refractivity contribution in [3.05, 3.63) is 60.8 Å². The molecule has 2 atom stereocenters. The fourth-order valence-electron chi connectivity index (χ4n) is 2.69. The van der Waals surface area contributed by atoms with Crippen LogP contribution in [0.3, 0.4) is 0 Å². The van der Waals surface area contributed by atoms with Gasteiger partial charge in [0.25, 0.3) is 0 Å². The molecule has 1 aliphatic heterocycles. The molecular weight excluding hydrogens is 294 g/mol. The largest absolute Gasteiger partial charge is 0.467 e. The van der Waals surface area contributed by atoms with Gasteiger partial charge in [0.1, 0.15) is 12.6 Å². The van der Waals surface area contributed by atoms with Gasteiger partial charge in [0.2, 0.25) is 0 Å². The molecule has 0 saturated heterocycles. The lowest BCUT2D eigenvalue weighted by Gasteiger charge is -2.32. The van der Waals surface area contributed by atoms with Gasteiger partial charge in [0.05, 0.1) is 7.11 Å². The molecule has 5 nitrogen and oxygen atoms in total. The summed E-state index contributed by atoms with van der Waals surface area (Å²) in [5, 5.41) is 0. The summed E-state index contributed by atoms with van der Waals surface area (Å²) in [4.78, 5) is 25.8. The first-order valence-electron chi connectivity index (χ1n) is 7.39. The Labute approximate surface area is 136 Å². The molecular formula is C18H21NO4. The van der Waals surface area contributed by atoms with E-state index in [1.165, 1.54) is 12.0 Å². The van der Waals surface area contributed by atoms with Crippen LogP contribution in [-0.4, -0.2) is 30.1 Å². The average molecular weight is 315 g/mol. The lowest BCUT2D eigenvalue weighted by Crippen LogP contribution is -2.47. The predicted molar refractivity (Wildman–Crippen MR) is 86.3 cm³/mol. The molecule has 0 saturated carbocycles. The predicted octanol–water partition coefficient (Wildman–Crippen LogP) is 3.28. The Morgan fingerprint density at radius 2 is 2.04 bits per heavy atom. The molecule has 0 unspecified atom stereocenters. The van der Waals surface area contributed by atoms with Crippen molar-refractivity contribution in [2.45, 2.75) is 26.0 Å². The normalized spacial score (nSPS) is 22.7. The fraction of sp³-hybridized carbons (Fsp3) is 0.333. The Morgan fingerprint density at radius 1 is 1.35 bits per heavy atom. The van der Waals surface area contributed by atoms with Crippen molar-refractivity contribution in [2.75, 3.05) is 7.11 Å². The number of hydrogen-bond acceptors (Lipinski definition) is 4. The van der Waals surface area contributed by atoms with Crippen LogP contribution in [0, 0.1) is 5.41 Å². The van der Waals surface area contributed by atoms with Gasteiger partial charge in [-0.05, 0) is 12.0 Å². The van der Waals surface area contributed by atoms with E-state index in [2.05, 4.69) is 6.58 Å². The summed E-state index contributed by atoms with van der Waals surface area (Å²) in [5.74, 6) is -0.476. The Bertz CT molecular complexity index is 611. The number of carbonyl (C=O) groups excluding carboxylic acids is 2. The topological polar surface area (TPSA) is 55.8 Å². The van der Waals surface area contributed by atoms with Gasteiger partial charge in [0.15, 0.2) is 0 Å². The van der Waals surface area contributed by atoms with Crippen LogP contribution in [0.25, 0.3) is 0 Å². The second-order valence-corrected chi connectivity index (χ2v) is 5.69. The standard InChI is InChI=1S/C18H21NO4/c1-4-10-18(2)11-12-19(15(18)16(20)22-3)17(21)23-13-14-8-6-5-7-9-14/h4-9,11-12,15H,1,10,13H2,2-3H3/t15-,18-/m1/s1. The van der Waals surface area contributed by atoms with Crippen LogP contribution in [0.1, 0.15) is 18.9 Å². The Kier molecular flexibility index (Phi) is 5.21. The number of rotatable bonds is 5. The van der Waals surface area contributed by atoms with Gasteiger partial charge in [-0.15, -0.1) is 6.58 Å². The zero-order chi connectivity index (χ0) is 16.9. The first-order valence-corrected chi connectivity index (χ1v) is 7.39. The Balaban J connectivity index is 2.10. The van der Waals surface area contributed by atoms with Gasteiger partial charge in [-0.2, -0.15) is 0 Å². The van der Waals surface area contributed by atoms with E-state index in [0.717, 1.165) is 5.56 Å². The quantitative estimate of drug-likeness (QED) is 0.618. The number of allylic oxidation sites excluding steroid dienone is 1. The highest BCUT2D eigenvalue weighted by Crippen LogP contribution is 2.38. The molecule has 0 N–H and O–H groups in total. The van der Waals surface area contributed by atoms with Crippen molar-refractivity contribution >= 4 is 12.1 Å². The summed E-state index contributed by atoms with van der Waals surface area (Å²) in [6.45, 7) is 5.75. The smallest absolute Gasteiger partial charge is 0.414 e. The maximum absolute atomic E-state index is 12.4. The van der Waals surface area contributed by atoms with Crippen LogP contribution >= 0.6 is 0 Å². The van der Waals surface area contributed by atoms with Crippen molar-refractivity contribution in [3.8, 4) is 0 Å². The lowest BCUT2D eigenvalue weighted by molar-refractivity contribution is -0.148. The molecule has 0 fully saturated rings. The second-order valence-electron chi connectivity index (χ2n) is 5.69. The van der Waals surface area contributed by atoms with Gasteiger partial charge in [-0.25, -0.2) is 9.59 Å². The summed E-state index contributed by atoms with van der Waals surface area (Å²) < 4.78 is 10.2. The summed E-state index contributed by atoms with van der Waals surface area (Å²) in [7, 11) is 1.31. The molecule has 0 bridgehead atoms. The minimum atomic E-state index is -0.756. The molecule has 1 heterocycles. The maximum atomic E-state index is 12.4. The first kappa shape index (κ1) is 16.8. The zero-order valence-corrected chi connectivity index (χ0v) is 13.4. The van der Waals surface area contributed by atoms with Crippen molar-refractivity contribution in [1.82, 2.24) is 4.90 Å². The minimum Gasteiger partial charge on any atom is -0.467 e. The van der Waals surface area contributed by atoms with Crippen LogP contribution in [0.5, 0.6) is 0 Å². The monoisotopic (exact) mass is 315 g/mol. The fourth-order valence-corrected chi connectivity index (χ4v) is 2.69. The van der Waals surface area contributed by atoms with E-state index in [1.807, 2.05) is 43.3 Å². The highest BCUT2D eigenvalue weighted by molar-refractivity contribution is 5.84. The van der Waals surface area contributed by atoms with Gasteiger partial charge in [-0.3, -0.25) is 4.90 Å². The molecule has 1 amide bonds. The molecule has 1 aromatic rings. The van der Waals surface area contributed by atoms with Crippen LogP contribution in [-0.2, 0) is 20.9 Å².